The van der Waals surface area contributed by atoms with Gasteiger partial charge in [0, 0.05) is 19.8 Å². The molecule has 1 heterocycles. The first kappa shape index (κ1) is 14.7. The second-order valence-corrected chi connectivity index (χ2v) is 4.65. The standard InChI is InChI=1S/C11H18BrN5O/c1-4-5-14-10(18)7(2)16-9-8(12)6-15-11(13-3)17-9/h6-7H,4-5H2,1-3H3,(H,14,18)(H2,13,15,16,17). The average molecular weight is 316 g/mol. The summed E-state index contributed by atoms with van der Waals surface area (Å²) in [6.07, 6.45) is 2.55. The zero-order chi connectivity index (χ0) is 13.5. The van der Waals surface area contributed by atoms with Crippen molar-refractivity contribution in [2.24, 2.45) is 0 Å². The van der Waals surface area contributed by atoms with E-state index >= 15 is 0 Å². The van der Waals surface area contributed by atoms with Gasteiger partial charge in [-0.15, -0.1) is 0 Å². The number of carbonyl (C=O) groups excluding carboxylic acids is 1. The molecule has 6 nitrogen and oxygen atoms in total. The molecule has 0 saturated heterocycles. The molecule has 1 unspecified atom stereocenters. The quantitative estimate of drug-likeness (QED) is 0.743. The van der Waals surface area contributed by atoms with Crippen molar-refractivity contribution in [2.45, 2.75) is 26.3 Å². The van der Waals surface area contributed by atoms with E-state index < -0.39 is 0 Å². The molecule has 0 fully saturated rings. The van der Waals surface area contributed by atoms with Crippen molar-refractivity contribution < 1.29 is 4.79 Å². The smallest absolute Gasteiger partial charge is 0.242 e. The Hall–Kier alpha value is -1.37. The van der Waals surface area contributed by atoms with Gasteiger partial charge >= 0.3 is 0 Å². The van der Waals surface area contributed by atoms with E-state index in [1.807, 2.05) is 6.92 Å². The van der Waals surface area contributed by atoms with Gasteiger partial charge in [0.25, 0.3) is 0 Å². The fourth-order valence-corrected chi connectivity index (χ4v) is 1.57. The molecule has 0 aliphatic rings. The van der Waals surface area contributed by atoms with Crippen molar-refractivity contribution in [3.8, 4) is 0 Å². The summed E-state index contributed by atoms with van der Waals surface area (Å²) in [6, 6.07) is -0.354. The van der Waals surface area contributed by atoms with Crippen molar-refractivity contribution in [2.75, 3.05) is 24.2 Å². The summed E-state index contributed by atoms with van der Waals surface area (Å²) in [4.78, 5) is 20.0. The zero-order valence-corrected chi connectivity index (χ0v) is 12.3. The minimum atomic E-state index is -0.354. The Kier molecular flexibility index (Phi) is 5.84. The van der Waals surface area contributed by atoms with Gasteiger partial charge in [-0.2, -0.15) is 4.98 Å². The van der Waals surface area contributed by atoms with Gasteiger partial charge in [-0.1, -0.05) is 6.92 Å². The Balaban J connectivity index is 2.68. The highest BCUT2D eigenvalue weighted by Crippen LogP contribution is 2.20. The second-order valence-electron chi connectivity index (χ2n) is 3.80. The average Bonchev–Trinajstić information content (AvgIpc) is 2.38. The molecule has 0 radical (unpaired) electrons. The van der Waals surface area contributed by atoms with E-state index in [9.17, 15) is 4.79 Å². The molecule has 3 N–H and O–H groups in total. The maximum Gasteiger partial charge on any atom is 0.242 e. The van der Waals surface area contributed by atoms with Crippen LogP contribution in [0.3, 0.4) is 0 Å². The Labute approximate surface area is 115 Å². The third-order valence-corrected chi connectivity index (χ3v) is 2.84. The van der Waals surface area contributed by atoms with Crippen LogP contribution in [0.5, 0.6) is 0 Å². The predicted molar refractivity (Wildman–Crippen MR) is 75.7 cm³/mol. The van der Waals surface area contributed by atoms with Gasteiger partial charge in [-0.25, -0.2) is 4.98 Å². The first-order chi connectivity index (χ1) is 8.58. The highest BCUT2D eigenvalue weighted by molar-refractivity contribution is 9.10. The highest BCUT2D eigenvalue weighted by Gasteiger charge is 2.14. The molecule has 0 saturated carbocycles. The third-order valence-electron chi connectivity index (χ3n) is 2.26. The van der Waals surface area contributed by atoms with Gasteiger partial charge in [0.05, 0.1) is 4.47 Å². The van der Waals surface area contributed by atoms with Gasteiger partial charge in [0.2, 0.25) is 11.9 Å². The Morgan fingerprint density at radius 2 is 2.28 bits per heavy atom. The number of nitrogens with one attached hydrogen (secondary N) is 3. The van der Waals surface area contributed by atoms with E-state index in [1.54, 1.807) is 20.2 Å². The van der Waals surface area contributed by atoms with Gasteiger partial charge in [-0.3, -0.25) is 4.79 Å². The lowest BCUT2D eigenvalue weighted by Gasteiger charge is -2.15. The maximum absolute atomic E-state index is 11.7. The van der Waals surface area contributed by atoms with Crippen molar-refractivity contribution in [3.63, 3.8) is 0 Å². The van der Waals surface area contributed by atoms with Crippen LogP contribution in [0.1, 0.15) is 20.3 Å². The number of halogens is 1. The summed E-state index contributed by atoms with van der Waals surface area (Å²) >= 11 is 3.34. The summed E-state index contributed by atoms with van der Waals surface area (Å²) in [7, 11) is 1.74. The molecule has 7 heteroatoms. The molecule has 1 rings (SSSR count). The molecule has 1 aromatic heterocycles. The molecular weight excluding hydrogens is 298 g/mol. The third kappa shape index (κ3) is 4.14. The van der Waals surface area contributed by atoms with Gasteiger partial charge < -0.3 is 16.0 Å². The number of rotatable bonds is 6. The van der Waals surface area contributed by atoms with Gasteiger partial charge in [-0.05, 0) is 29.3 Å². The molecular formula is C11H18BrN5O. The Bertz CT molecular complexity index is 412. The first-order valence-electron chi connectivity index (χ1n) is 5.83. The largest absolute Gasteiger partial charge is 0.358 e. The van der Waals surface area contributed by atoms with Crippen LogP contribution in [0.4, 0.5) is 11.8 Å². The molecule has 0 bridgehead atoms. The summed E-state index contributed by atoms with van der Waals surface area (Å²) in [5.41, 5.74) is 0. The van der Waals surface area contributed by atoms with Crippen molar-refractivity contribution in [1.29, 1.82) is 0 Å². The fraction of sp³-hybridized carbons (Fsp3) is 0.545. The lowest BCUT2D eigenvalue weighted by Crippen LogP contribution is -2.38. The van der Waals surface area contributed by atoms with Crippen LogP contribution in [-0.2, 0) is 4.79 Å². The summed E-state index contributed by atoms with van der Waals surface area (Å²) in [5, 5.41) is 8.72. The van der Waals surface area contributed by atoms with Crippen LogP contribution in [0.25, 0.3) is 0 Å². The van der Waals surface area contributed by atoms with E-state index in [2.05, 4.69) is 41.8 Å². The number of anilines is 2. The zero-order valence-electron chi connectivity index (χ0n) is 10.7. The fourth-order valence-electron chi connectivity index (χ4n) is 1.26. The molecule has 18 heavy (non-hydrogen) atoms. The van der Waals surface area contributed by atoms with Crippen molar-refractivity contribution >= 4 is 33.6 Å². The Morgan fingerprint density at radius 1 is 1.56 bits per heavy atom. The van der Waals surface area contributed by atoms with Crippen LogP contribution in [0, 0.1) is 0 Å². The molecule has 1 amide bonds. The van der Waals surface area contributed by atoms with Crippen LogP contribution in [0.2, 0.25) is 0 Å². The first-order valence-corrected chi connectivity index (χ1v) is 6.62. The topological polar surface area (TPSA) is 78.9 Å². The number of hydrogen-bond acceptors (Lipinski definition) is 5. The van der Waals surface area contributed by atoms with Gasteiger partial charge in [0.15, 0.2) is 0 Å². The molecule has 0 aromatic carbocycles. The molecule has 100 valence electrons. The van der Waals surface area contributed by atoms with E-state index in [-0.39, 0.29) is 11.9 Å². The van der Waals surface area contributed by atoms with Crippen LogP contribution >= 0.6 is 15.9 Å². The maximum atomic E-state index is 11.7. The summed E-state index contributed by atoms with van der Waals surface area (Å²) < 4.78 is 0.719. The monoisotopic (exact) mass is 315 g/mol. The SMILES string of the molecule is CCCNC(=O)C(C)Nc1nc(NC)ncc1Br. The molecule has 1 atom stereocenters. The van der Waals surface area contributed by atoms with E-state index in [0.29, 0.717) is 18.3 Å². The molecule has 0 aliphatic heterocycles. The highest BCUT2D eigenvalue weighted by atomic mass is 79.9. The van der Waals surface area contributed by atoms with Crippen LogP contribution in [-0.4, -0.2) is 35.5 Å². The molecule has 0 spiro atoms. The number of nitrogens with zero attached hydrogens (tertiary/aromatic N) is 2. The number of aromatic nitrogens is 2. The summed E-state index contributed by atoms with van der Waals surface area (Å²) in [5.74, 6) is 1.05. The molecule has 1 aromatic rings. The number of carbonyl (C=O) groups is 1. The second kappa shape index (κ2) is 7.15. The van der Waals surface area contributed by atoms with Crippen LogP contribution in [0.15, 0.2) is 10.7 Å². The number of amides is 1. The normalized spacial score (nSPS) is 11.8. The summed E-state index contributed by atoms with van der Waals surface area (Å²) in [6.45, 7) is 4.48. The van der Waals surface area contributed by atoms with Gasteiger partial charge in [0.1, 0.15) is 11.9 Å². The minimum Gasteiger partial charge on any atom is -0.358 e. The van der Waals surface area contributed by atoms with Crippen LogP contribution < -0.4 is 16.0 Å². The lowest BCUT2D eigenvalue weighted by atomic mass is 10.3. The number of hydrogen-bond donors (Lipinski definition) is 3. The van der Waals surface area contributed by atoms with E-state index in [4.69, 9.17) is 0 Å². The van der Waals surface area contributed by atoms with Crippen molar-refractivity contribution in [3.05, 3.63) is 10.7 Å². The lowest BCUT2D eigenvalue weighted by molar-refractivity contribution is -0.121. The predicted octanol–water partition coefficient (Wildman–Crippen LogP) is 1.61. The van der Waals surface area contributed by atoms with Crippen molar-refractivity contribution in [1.82, 2.24) is 15.3 Å². The molecule has 0 aliphatic carbocycles. The van der Waals surface area contributed by atoms with E-state index in [1.165, 1.54) is 0 Å². The minimum absolute atomic E-state index is 0.0478. The van der Waals surface area contributed by atoms with E-state index in [0.717, 1.165) is 10.9 Å². The Morgan fingerprint density at radius 3 is 2.89 bits per heavy atom.